The SMILES string of the molecule is CCCCCCCCCCOc1ccc(C(=O)Oc2ccc(-c3nnc(SCCCCCCCC)o3)cc2)cc1. The van der Waals surface area contributed by atoms with Crippen molar-refractivity contribution in [3.05, 3.63) is 54.1 Å². The Labute approximate surface area is 244 Å². The number of carbonyl (C=O) groups excluding carboxylic acids is 1. The standard InChI is InChI=1S/C33H46N2O4S/c1-3-5-7-9-11-12-13-15-25-37-29-21-19-28(20-22-29)32(36)38-30-23-17-27(18-24-30)31-34-35-33(39-31)40-26-16-14-10-8-6-4-2/h17-24H,3-16,25-26H2,1-2H3. The summed E-state index contributed by atoms with van der Waals surface area (Å²) >= 11 is 1.60. The molecule has 2 aromatic carbocycles. The van der Waals surface area contributed by atoms with Crippen LogP contribution in [0.3, 0.4) is 0 Å². The maximum Gasteiger partial charge on any atom is 0.343 e. The van der Waals surface area contributed by atoms with E-state index in [2.05, 4.69) is 24.0 Å². The van der Waals surface area contributed by atoms with Crippen LogP contribution < -0.4 is 9.47 Å². The smallest absolute Gasteiger partial charge is 0.343 e. The number of thioether (sulfide) groups is 1. The summed E-state index contributed by atoms with van der Waals surface area (Å²) in [6, 6.07) is 14.2. The van der Waals surface area contributed by atoms with Gasteiger partial charge in [0.1, 0.15) is 11.5 Å². The van der Waals surface area contributed by atoms with Crippen molar-refractivity contribution in [1.29, 1.82) is 0 Å². The highest BCUT2D eigenvalue weighted by atomic mass is 32.2. The predicted molar refractivity (Wildman–Crippen MR) is 163 cm³/mol. The number of ether oxygens (including phenoxy) is 2. The van der Waals surface area contributed by atoms with E-state index in [-0.39, 0.29) is 0 Å². The second-order valence-electron chi connectivity index (χ2n) is 10.3. The molecule has 0 saturated heterocycles. The van der Waals surface area contributed by atoms with E-state index in [0.29, 0.717) is 29.0 Å². The molecule has 7 heteroatoms. The lowest BCUT2D eigenvalue weighted by atomic mass is 10.1. The molecule has 40 heavy (non-hydrogen) atoms. The topological polar surface area (TPSA) is 74.5 Å². The van der Waals surface area contributed by atoms with Crippen LogP contribution in [0.5, 0.6) is 11.5 Å². The average Bonchev–Trinajstić information content (AvgIpc) is 3.45. The Morgan fingerprint density at radius 2 is 1.27 bits per heavy atom. The molecule has 6 nitrogen and oxygen atoms in total. The summed E-state index contributed by atoms with van der Waals surface area (Å²) < 4.78 is 17.2. The molecule has 1 aromatic heterocycles. The molecule has 3 rings (SSSR count). The van der Waals surface area contributed by atoms with Gasteiger partial charge in [0.25, 0.3) is 5.22 Å². The second kappa shape index (κ2) is 19.3. The number of hydrogen-bond donors (Lipinski definition) is 0. The van der Waals surface area contributed by atoms with Crippen molar-refractivity contribution in [2.75, 3.05) is 12.4 Å². The van der Waals surface area contributed by atoms with Crippen LogP contribution in [0.1, 0.15) is 114 Å². The first-order valence-corrected chi connectivity index (χ1v) is 16.2. The van der Waals surface area contributed by atoms with E-state index >= 15 is 0 Å². The van der Waals surface area contributed by atoms with E-state index < -0.39 is 5.97 Å². The molecule has 0 spiro atoms. The molecule has 0 atom stereocenters. The molecule has 0 radical (unpaired) electrons. The summed E-state index contributed by atoms with van der Waals surface area (Å²) in [5.41, 5.74) is 1.27. The Morgan fingerprint density at radius 3 is 1.93 bits per heavy atom. The molecule has 0 saturated carbocycles. The van der Waals surface area contributed by atoms with E-state index in [1.54, 1.807) is 36.0 Å². The molecular formula is C33H46N2O4S. The normalized spacial score (nSPS) is 11.1. The first-order valence-electron chi connectivity index (χ1n) is 15.2. The minimum atomic E-state index is -0.409. The Hall–Kier alpha value is -2.80. The lowest BCUT2D eigenvalue weighted by molar-refractivity contribution is 0.0734. The highest BCUT2D eigenvalue weighted by Gasteiger charge is 2.12. The number of hydrogen-bond acceptors (Lipinski definition) is 7. The van der Waals surface area contributed by atoms with Crippen molar-refractivity contribution in [3.8, 4) is 23.0 Å². The fourth-order valence-electron chi connectivity index (χ4n) is 4.37. The molecule has 0 fully saturated rings. The van der Waals surface area contributed by atoms with Crippen molar-refractivity contribution in [3.63, 3.8) is 0 Å². The van der Waals surface area contributed by atoms with E-state index in [1.807, 2.05) is 24.3 Å². The zero-order valence-electron chi connectivity index (χ0n) is 24.4. The molecule has 1 heterocycles. The van der Waals surface area contributed by atoms with Gasteiger partial charge in [0.05, 0.1) is 12.2 Å². The number of nitrogens with zero attached hydrogens (tertiary/aromatic N) is 2. The number of rotatable bonds is 21. The Kier molecular flexibility index (Phi) is 15.3. The lowest BCUT2D eigenvalue weighted by Gasteiger charge is -2.08. The maximum absolute atomic E-state index is 12.6. The zero-order chi connectivity index (χ0) is 28.3. The summed E-state index contributed by atoms with van der Waals surface area (Å²) in [4.78, 5) is 12.6. The van der Waals surface area contributed by atoms with Crippen LogP contribution in [0.2, 0.25) is 0 Å². The Balaban J connectivity index is 1.35. The fourth-order valence-corrected chi connectivity index (χ4v) is 5.13. The third-order valence-electron chi connectivity index (χ3n) is 6.80. The average molecular weight is 567 g/mol. The number of aromatic nitrogens is 2. The number of benzene rings is 2. The van der Waals surface area contributed by atoms with E-state index in [4.69, 9.17) is 13.9 Å². The van der Waals surface area contributed by atoms with Crippen LogP contribution in [-0.4, -0.2) is 28.5 Å². The highest BCUT2D eigenvalue weighted by Crippen LogP contribution is 2.26. The van der Waals surface area contributed by atoms with E-state index in [0.717, 1.165) is 29.9 Å². The predicted octanol–water partition coefficient (Wildman–Crippen LogP) is 9.93. The van der Waals surface area contributed by atoms with Gasteiger partial charge in [-0.15, -0.1) is 10.2 Å². The molecule has 0 N–H and O–H groups in total. The minimum Gasteiger partial charge on any atom is -0.494 e. The molecule has 0 aliphatic rings. The summed E-state index contributed by atoms with van der Waals surface area (Å²) in [6.45, 7) is 5.18. The number of unbranched alkanes of at least 4 members (excludes halogenated alkanes) is 12. The fraction of sp³-hybridized carbons (Fsp3) is 0.545. The number of esters is 1. The van der Waals surface area contributed by atoms with Gasteiger partial charge in [0.15, 0.2) is 0 Å². The zero-order valence-corrected chi connectivity index (χ0v) is 25.2. The van der Waals surface area contributed by atoms with Crippen LogP contribution in [0.4, 0.5) is 0 Å². The van der Waals surface area contributed by atoms with Gasteiger partial charge in [-0.3, -0.25) is 0 Å². The second-order valence-corrected chi connectivity index (χ2v) is 11.3. The summed E-state index contributed by atoms with van der Waals surface area (Å²) in [6.07, 6.45) is 17.8. The lowest BCUT2D eigenvalue weighted by Crippen LogP contribution is -2.08. The molecular weight excluding hydrogens is 520 g/mol. The van der Waals surface area contributed by atoms with Crippen molar-refractivity contribution in [2.45, 2.75) is 109 Å². The van der Waals surface area contributed by atoms with Gasteiger partial charge in [0, 0.05) is 11.3 Å². The van der Waals surface area contributed by atoms with Gasteiger partial charge in [-0.1, -0.05) is 103 Å². The van der Waals surface area contributed by atoms with Crippen LogP contribution >= 0.6 is 11.8 Å². The molecule has 0 bridgehead atoms. The van der Waals surface area contributed by atoms with Crippen molar-refractivity contribution in [1.82, 2.24) is 10.2 Å². The van der Waals surface area contributed by atoms with E-state index in [9.17, 15) is 4.79 Å². The van der Waals surface area contributed by atoms with Gasteiger partial charge in [-0.05, 0) is 61.4 Å². The van der Waals surface area contributed by atoms with Crippen molar-refractivity contribution < 1.29 is 18.7 Å². The number of carbonyl (C=O) groups is 1. The molecule has 0 unspecified atom stereocenters. The van der Waals surface area contributed by atoms with Crippen molar-refractivity contribution in [2.24, 2.45) is 0 Å². The Morgan fingerprint density at radius 1 is 0.700 bits per heavy atom. The van der Waals surface area contributed by atoms with Gasteiger partial charge in [-0.2, -0.15) is 0 Å². The van der Waals surface area contributed by atoms with Crippen LogP contribution in [-0.2, 0) is 0 Å². The molecule has 0 amide bonds. The Bertz CT molecular complexity index is 1080. The van der Waals surface area contributed by atoms with Gasteiger partial charge in [0.2, 0.25) is 5.89 Å². The minimum absolute atomic E-state index is 0.409. The third kappa shape index (κ3) is 12.2. The quantitative estimate of drug-likeness (QED) is 0.0549. The molecule has 218 valence electrons. The monoisotopic (exact) mass is 566 g/mol. The first kappa shape index (κ1) is 31.7. The van der Waals surface area contributed by atoms with Crippen molar-refractivity contribution >= 4 is 17.7 Å². The molecule has 0 aliphatic heterocycles. The van der Waals surface area contributed by atoms with Crippen LogP contribution in [0.15, 0.2) is 58.2 Å². The maximum atomic E-state index is 12.6. The molecule has 0 aliphatic carbocycles. The third-order valence-corrected chi connectivity index (χ3v) is 7.70. The van der Waals surface area contributed by atoms with E-state index in [1.165, 1.54) is 77.0 Å². The largest absolute Gasteiger partial charge is 0.494 e. The highest BCUT2D eigenvalue weighted by molar-refractivity contribution is 7.99. The van der Waals surface area contributed by atoms with Gasteiger partial charge in [-0.25, -0.2) is 4.79 Å². The van der Waals surface area contributed by atoms with Crippen LogP contribution in [0, 0.1) is 0 Å². The molecule has 3 aromatic rings. The van der Waals surface area contributed by atoms with Gasteiger partial charge >= 0.3 is 5.97 Å². The summed E-state index contributed by atoms with van der Waals surface area (Å²) in [7, 11) is 0. The summed E-state index contributed by atoms with van der Waals surface area (Å²) in [5, 5.41) is 8.90. The van der Waals surface area contributed by atoms with Gasteiger partial charge < -0.3 is 13.9 Å². The summed E-state index contributed by atoms with van der Waals surface area (Å²) in [5.74, 6) is 2.27. The first-order chi connectivity index (χ1) is 19.7. The van der Waals surface area contributed by atoms with Crippen LogP contribution in [0.25, 0.3) is 11.5 Å².